The molecule has 0 radical (unpaired) electrons. The van der Waals surface area contributed by atoms with Gasteiger partial charge in [0.1, 0.15) is 11.7 Å². The molecule has 1 atom stereocenters. The molecular formula is C28H32N6O3S. The van der Waals surface area contributed by atoms with Crippen LogP contribution in [0.4, 0.5) is 10.5 Å². The molecule has 1 fully saturated rings. The molecule has 1 unspecified atom stereocenters. The van der Waals surface area contributed by atoms with Gasteiger partial charge in [-0.2, -0.15) is 9.64 Å². The summed E-state index contributed by atoms with van der Waals surface area (Å²) >= 11 is 1.28. The van der Waals surface area contributed by atoms with E-state index in [1.54, 1.807) is 23.2 Å². The Balaban J connectivity index is 1.36. The predicted octanol–water partition coefficient (Wildman–Crippen LogP) is 5.15. The minimum atomic E-state index is -0.509. The van der Waals surface area contributed by atoms with Crippen LogP contribution in [0.3, 0.4) is 0 Å². The van der Waals surface area contributed by atoms with Crippen molar-refractivity contribution in [2.45, 2.75) is 59.0 Å². The van der Waals surface area contributed by atoms with Crippen LogP contribution >= 0.6 is 11.5 Å². The standard InChI is InChI=1S/C28H32N6O3S/c1-18-25(24(38-33-18)13-22-8-7-20(14-29)15-30-22)26(35)32-23-10-9-21(31-16-23)12-19-6-5-11-34(17-19)27(36)37-28(2,3)4/h7-10,15-16,19H,5-6,11-13,17H2,1-4H3,(H,32,35). The third-order valence-corrected chi connectivity index (χ3v) is 7.14. The van der Waals surface area contributed by atoms with Gasteiger partial charge in [0, 0.05) is 42.0 Å². The number of aryl methyl sites for hydroxylation is 1. The molecule has 38 heavy (non-hydrogen) atoms. The molecule has 1 aliphatic heterocycles. The average molecular weight is 533 g/mol. The van der Waals surface area contributed by atoms with Gasteiger partial charge in [0.05, 0.1) is 28.7 Å². The number of amides is 2. The topological polar surface area (TPSA) is 121 Å². The Kier molecular flexibility index (Phi) is 8.37. The maximum Gasteiger partial charge on any atom is 0.410 e. The van der Waals surface area contributed by atoms with Crippen molar-refractivity contribution in [3.63, 3.8) is 0 Å². The number of piperidine rings is 1. The summed E-state index contributed by atoms with van der Waals surface area (Å²) in [6.45, 7) is 8.80. The van der Waals surface area contributed by atoms with Crippen LogP contribution in [0.2, 0.25) is 0 Å². The normalized spacial score (nSPS) is 15.6. The number of anilines is 1. The Labute approximate surface area is 227 Å². The molecule has 4 rings (SSSR count). The zero-order chi connectivity index (χ0) is 27.3. The molecule has 0 aliphatic carbocycles. The van der Waals surface area contributed by atoms with Crippen LogP contribution in [0.15, 0.2) is 36.7 Å². The molecule has 4 heterocycles. The highest BCUT2D eigenvalue weighted by molar-refractivity contribution is 7.06. The molecule has 10 heteroatoms. The first-order chi connectivity index (χ1) is 18.1. The van der Waals surface area contributed by atoms with E-state index >= 15 is 0 Å². The maximum absolute atomic E-state index is 13.1. The number of ether oxygens (including phenoxy) is 1. The molecule has 0 spiro atoms. The number of rotatable bonds is 6. The molecule has 2 amide bonds. The van der Waals surface area contributed by atoms with E-state index < -0.39 is 5.60 Å². The minimum absolute atomic E-state index is 0.241. The van der Waals surface area contributed by atoms with Gasteiger partial charge in [0.2, 0.25) is 0 Å². The first kappa shape index (κ1) is 27.2. The number of nitrogens with zero attached hydrogens (tertiary/aromatic N) is 5. The van der Waals surface area contributed by atoms with Gasteiger partial charge in [-0.3, -0.25) is 14.8 Å². The van der Waals surface area contributed by atoms with Crippen LogP contribution in [0.25, 0.3) is 0 Å². The number of carbonyl (C=O) groups excluding carboxylic acids is 2. The number of carbonyl (C=O) groups is 2. The lowest BCUT2D eigenvalue weighted by Crippen LogP contribution is -2.43. The van der Waals surface area contributed by atoms with Crippen molar-refractivity contribution >= 4 is 29.2 Å². The summed E-state index contributed by atoms with van der Waals surface area (Å²) < 4.78 is 9.91. The van der Waals surface area contributed by atoms with Crippen molar-refractivity contribution in [1.29, 1.82) is 5.26 Å². The summed E-state index contributed by atoms with van der Waals surface area (Å²) in [7, 11) is 0. The Bertz CT molecular complexity index is 1320. The van der Waals surface area contributed by atoms with Gasteiger partial charge < -0.3 is 15.0 Å². The van der Waals surface area contributed by atoms with Crippen molar-refractivity contribution in [3.05, 3.63) is 69.7 Å². The molecule has 3 aromatic heterocycles. The summed E-state index contributed by atoms with van der Waals surface area (Å²) in [6.07, 6.45) is 6.10. The van der Waals surface area contributed by atoms with E-state index in [0.29, 0.717) is 47.9 Å². The largest absolute Gasteiger partial charge is 0.444 e. The number of nitriles is 1. The van der Waals surface area contributed by atoms with Gasteiger partial charge in [-0.1, -0.05) is 0 Å². The van der Waals surface area contributed by atoms with Gasteiger partial charge in [-0.05, 0) is 88.7 Å². The molecule has 3 aromatic rings. The third-order valence-electron chi connectivity index (χ3n) is 6.21. The van der Waals surface area contributed by atoms with Crippen molar-refractivity contribution in [3.8, 4) is 6.07 Å². The second-order valence-corrected chi connectivity index (χ2v) is 11.4. The molecular weight excluding hydrogens is 500 g/mol. The van der Waals surface area contributed by atoms with E-state index in [1.807, 2.05) is 39.8 Å². The van der Waals surface area contributed by atoms with E-state index in [4.69, 9.17) is 10.00 Å². The zero-order valence-corrected chi connectivity index (χ0v) is 23.0. The van der Waals surface area contributed by atoms with Crippen LogP contribution in [0, 0.1) is 24.2 Å². The smallest absolute Gasteiger partial charge is 0.410 e. The Morgan fingerprint density at radius 3 is 2.61 bits per heavy atom. The fourth-order valence-corrected chi connectivity index (χ4v) is 5.30. The number of aromatic nitrogens is 3. The maximum atomic E-state index is 13.1. The SMILES string of the molecule is Cc1nsc(Cc2ccc(C#N)cn2)c1C(=O)Nc1ccc(CC2CCCN(C(=O)OC(C)(C)C)C2)nc1. The first-order valence-corrected chi connectivity index (χ1v) is 13.4. The lowest BCUT2D eigenvalue weighted by Gasteiger charge is -2.34. The fraction of sp³-hybridized carbons (Fsp3) is 0.429. The van der Waals surface area contributed by atoms with E-state index in [-0.39, 0.29) is 12.0 Å². The lowest BCUT2D eigenvalue weighted by molar-refractivity contribution is 0.0165. The van der Waals surface area contributed by atoms with Gasteiger partial charge in [-0.15, -0.1) is 0 Å². The van der Waals surface area contributed by atoms with Crippen molar-refractivity contribution < 1.29 is 14.3 Å². The molecule has 0 aromatic carbocycles. The second-order valence-electron chi connectivity index (χ2n) is 10.5. The quantitative estimate of drug-likeness (QED) is 0.466. The average Bonchev–Trinajstić information content (AvgIpc) is 3.24. The van der Waals surface area contributed by atoms with Crippen LogP contribution in [0.1, 0.15) is 71.5 Å². The van der Waals surface area contributed by atoms with E-state index in [1.165, 1.54) is 17.7 Å². The summed E-state index contributed by atoms with van der Waals surface area (Å²) in [6, 6.07) is 9.33. The van der Waals surface area contributed by atoms with Crippen molar-refractivity contribution in [2.24, 2.45) is 5.92 Å². The molecule has 198 valence electrons. The number of hydrogen-bond acceptors (Lipinski definition) is 8. The van der Waals surface area contributed by atoms with Crippen molar-refractivity contribution in [2.75, 3.05) is 18.4 Å². The first-order valence-electron chi connectivity index (χ1n) is 12.7. The monoisotopic (exact) mass is 532 g/mol. The van der Waals surface area contributed by atoms with E-state index in [9.17, 15) is 9.59 Å². The van der Waals surface area contributed by atoms with Gasteiger partial charge in [-0.25, -0.2) is 4.79 Å². The van der Waals surface area contributed by atoms with Gasteiger partial charge in [0.25, 0.3) is 5.91 Å². The fourth-order valence-electron chi connectivity index (χ4n) is 4.42. The van der Waals surface area contributed by atoms with Crippen LogP contribution in [-0.4, -0.2) is 49.9 Å². The second kappa shape index (κ2) is 11.7. The summed E-state index contributed by atoms with van der Waals surface area (Å²) in [5.74, 6) is 0.0665. The van der Waals surface area contributed by atoms with Crippen LogP contribution in [0.5, 0.6) is 0 Å². The Morgan fingerprint density at radius 1 is 1.18 bits per heavy atom. The molecule has 1 saturated heterocycles. The number of pyridine rings is 2. The molecule has 0 bridgehead atoms. The summed E-state index contributed by atoms with van der Waals surface area (Å²) in [5, 5.41) is 11.9. The molecule has 0 saturated carbocycles. The molecule has 9 nitrogen and oxygen atoms in total. The van der Waals surface area contributed by atoms with Crippen molar-refractivity contribution in [1.82, 2.24) is 19.2 Å². The summed E-state index contributed by atoms with van der Waals surface area (Å²) in [5.41, 5.74) is 3.46. The zero-order valence-electron chi connectivity index (χ0n) is 22.2. The highest BCUT2D eigenvalue weighted by Gasteiger charge is 2.28. The van der Waals surface area contributed by atoms with Crippen LogP contribution < -0.4 is 5.32 Å². The summed E-state index contributed by atoms with van der Waals surface area (Å²) in [4.78, 5) is 37.1. The van der Waals surface area contributed by atoms with E-state index in [2.05, 4.69) is 25.7 Å². The molecule has 1 N–H and O–H groups in total. The number of hydrogen-bond donors (Lipinski definition) is 1. The Morgan fingerprint density at radius 2 is 1.95 bits per heavy atom. The highest BCUT2D eigenvalue weighted by Crippen LogP contribution is 2.25. The highest BCUT2D eigenvalue weighted by atomic mass is 32.1. The molecule has 1 aliphatic rings. The van der Waals surface area contributed by atoms with Crippen LogP contribution in [-0.2, 0) is 17.6 Å². The number of nitrogens with one attached hydrogen (secondary N) is 1. The Hall–Kier alpha value is -3.84. The number of likely N-dealkylation sites (tertiary alicyclic amines) is 1. The van der Waals surface area contributed by atoms with Gasteiger partial charge in [0.15, 0.2) is 0 Å². The lowest BCUT2D eigenvalue weighted by atomic mass is 9.93. The minimum Gasteiger partial charge on any atom is -0.444 e. The predicted molar refractivity (Wildman–Crippen MR) is 145 cm³/mol. The third kappa shape index (κ3) is 7.13. The van der Waals surface area contributed by atoms with Gasteiger partial charge >= 0.3 is 6.09 Å². The van der Waals surface area contributed by atoms with E-state index in [0.717, 1.165) is 35.5 Å².